The number of benzene rings is 1. The van der Waals surface area contributed by atoms with Gasteiger partial charge in [0.1, 0.15) is 0 Å². The van der Waals surface area contributed by atoms with Gasteiger partial charge in [0, 0.05) is 24.8 Å². The van der Waals surface area contributed by atoms with E-state index in [9.17, 15) is 0 Å². The van der Waals surface area contributed by atoms with Gasteiger partial charge in [-0.2, -0.15) is 5.10 Å². The van der Waals surface area contributed by atoms with E-state index in [4.69, 9.17) is 0 Å². The van der Waals surface area contributed by atoms with Crippen molar-refractivity contribution >= 4 is 0 Å². The zero-order chi connectivity index (χ0) is 14.5. The molecule has 0 saturated carbocycles. The Balaban J connectivity index is 2.19. The molecule has 0 amide bonds. The Bertz CT molecular complexity index is 540. The maximum absolute atomic E-state index is 4.47. The molecule has 0 spiro atoms. The van der Waals surface area contributed by atoms with Crippen molar-refractivity contribution < 1.29 is 0 Å². The van der Waals surface area contributed by atoms with Gasteiger partial charge in [-0.05, 0) is 38.8 Å². The van der Waals surface area contributed by atoms with Gasteiger partial charge in [-0.3, -0.25) is 4.68 Å². The number of aryl methyl sites for hydroxylation is 3. The van der Waals surface area contributed by atoms with Gasteiger partial charge < -0.3 is 5.32 Å². The van der Waals surface area contributed by atoms with Crippen molar-refractivity contribution in [1.29, 1.82) is 0 Å². The lowest BCUT2D eigenvalue weighted by Gasteiger charge is -2.18. The van der Waals surface area contributed by atoms with Crippen LogP contribution in [0.25, 0.3) is 0 Å². The largest absolute Gasteiger partial charge is 0.310 e. The lowest BCUT2D eigenvalue weighted by atomic mass is 9.98. The summed E-state index contributed by atoms with van der Waals surface area (Å²) < 4.78 is 1.90. The second-order valence-corrected chi connectivity index (χ2v) is 5.54. The van der Waals surface area contributed by atoms with Crippen LogP contribution in [0.15, 0.2) is 30.5 Å². The van der Waals surface area contributed by atoms with Gasteiger partial charge in [-0.15, -0.1) is 0 Å². The zero-order valence-corrected chi connectivity index (χ0v) is 13.0. The first-order valence-corrected chi connectivity index (χ1v) is 7.39. The molecule has 1 aromatic heterocycles. The van der Waals surface area contributed by atoms with Crippen LogP contribution >= 0.6 is 0 Å². The fraction of sp³-hybridized carbons (Fsp3) is 0.471. The molecule has 0 saturated heterocycles. The monoisotopic (exact) mass is 271 g/mol. The minimum atomic E-state index is 0.339. The van der Waals surface area contributed by atoms with Gasteiger partial charge in [-0.25, -0.2) is 0 Å². The fourth-order valence-corrected chi connectivity index (χ4v) is 2.53. The molecule has 0 aliphatic carbocycles. The fourth-order valence-electron chi connectivity index (χ4n) is 2.53. The van der Waals surface area contributed by atoms with Gasteiger partial charge in [0.2, 0.25) is 0 Å². The topological polar surface area (TPSA) is 29.9 Å². The van der Waals surface area contributed by atoms with E-state index in [1.807, 2.05) is 11.7 Å². The van der Waals surface area contributed by atoms with Crippen molar-refractivity contribution in [2.24, 2.45) is 7.05 Å². The first kappa shape index (κ1) is 14.8. The molecule has 2 aromatic rings. The highest BCUT2D eigenvalue weighted by Gasteiger charge is 2.16. The van der Waals surface area contributed by atoms with E-state index in [2.05, 4.69) is 61.6 Å². The van der Waals surface area contributed by atoms with Crippen LogP contribution in [0.2, 0.25) is 0 Å². The average Bonchev–Trinajstić information content (AvgIpc) is 2.76. The molecule has 20 heavy (non-hydrogen) atoms. The molecule has 1 heterocycles. The summed E-state index contributed by atoms with van der Waals surface area (Å²) in [5, 5.41) is 8.12. The molecule has 1 unspecified atom stereocenters. The van der Waals surface area contributed by atoms with Crippen molar-refractivity contribution in [2.75, 3.05) is 6.54 Å². The molecule has 2 rings (SSSR count). The van der Waals surface area contributed by atoms with E-state index < -0.39 is 0 Å². The average molecular weight is 271 g/mol. The molecule has 0 aliphatic rings. The van der Waals surface area contributed by atoms with E-state index in [0.29, 0.717) is 6.04 Å². The maximum Gasteiger partial charge on any atom is 0.0641 e. The molecule has 3 heteroatoms. The highest BCUT2D eigenvalue weighted by Crippen LogP contribution is 2.21. The van der Waals surface area contributed by atoms with E-state index in [1.54, 1.807) is 0 Å². The SMILES string of the molecule is CCCNC(Cc1ccc(C)cc1)c1cn(C)nc1C. The zero-order valence-electron chi connectivity index (χ0n) is 13.0. The normalized spacial score (nSPS) is 12.6. The number of hydrogen-bond acceptors (Lipinski definition) is 2. The predicted octanol–water partition coefficient (Wildman–Crippen LogP) is 3.32. The van der Waals surface area contributed by atoms with E-state index in [0.717, 1.165) is 25.1 Å². The minimum absolute atomic E-state index is 0.339. The standard InChI is InChI=1S/C17H25N3/c1-5-10-18-17(16-12-20(4)19-14(16)3)11-15-8-6-13(2)7-9-15/h6-9,12,17-18H,5,10-11H2,1-4H3. The first-order valence-electron chi connectivity index (χ1n) is 7.39. The van der Waals surface area contributed by atoms with Crippen LogP contribution in [0, 0.1) is 13.8 Å². The Kier molecular flexibility index (Phi) is 4.96. The van der Waals surface area contributed by atoms with Crippen LogP contribution in [0.3, 0.4) is 0 Å². The molecular formula is C17H25N3. The van der Waals surface area contributed by atoms with Crippen LogP contribution in [0.5, 0.6) is 0 Å². The summed E-state index contributed by atoms with van der Waals surface area (Å²) >= 11 is 0. The van der Waals surface area contributed by atoms with Crippen molar-refractivity contribution in [3.8, 4) is 0 Å². The van der Waals surface area contributed by atoms with Crippen LogP contribution in [-0.2, 0) is 13.5 Å². The van der Waals surface area contributed by atoms with Crippen LogP contribution in [-0.4, -0.2) is 16.3 Å². The van der Waals surface area contributed by atoms with Crippen molar-refractivity contribution in [3.05, 3.63) is 52.8 Å². The lowest BCUT2D eigenvalue weighted by molar-refractivity contribution is 0.527. The molecule has 3 nitrogen and oxygen atoms in total. The van der Waals surface area contributed by atoms with Gasteiger partial charge >= 0.3 is 0 Å². The van der Waals surface area contributed by atoms with E-state index >= 15 is 0 Å². The molecule has 0 aliphatic heterocycles. The van der Waals surface area contributed by atoms with Crippen molar-refractivity contribution in [1.82, 2.24) is 15.1 Å². The highest BCUT2D eigenvalue weighted by atomic mass is 15.3. The number of nitrogens with zero attached hydrogens (tertiary/aromatic N) is 2. The smallest absolute Gasteiger partial charge is 0.0641 e. The summed E-state index contributed by atoms with van der Waals surface area (Å²) in [6.45, 7) is 7.45. The van der Waals surface area contributed by atoms with Crippen molar-refractivity contribution in [3.63, 3.8) is 0 Å². The number of rotatable bonds is 6. The van der Waals surface area contributed by atoms with Crippen LogP contribution < -0.4 is 5.32 Å². The van der Waals surface area contributed by atoms with Gasteiger partial charge in [0.15, 0.2) is 0 Å². The summed E-state index contributed by atoms with van der Waals surface area (Å²) in [5.74, 6) is 0. The Morgan fingerprint density at radius 2 is 1.90 bits per heavy atom. The summed E-state index contributed by atoms with van der Waals surface area (Å²) in [6, 6.07) is 9.15. The molecule has 0 fully saturated rings. The molecule has 0 bridgehead atoms. The van der Waals surface area contributed by atoms with Crippen LogP contribution in [0.4, 0.5) is 0 Å². The molecule has 0 radical (unpaired) electrons. The van der Waals surface area contributed by atoms with Gasteiger partial charge in [0.25, 0.3) is 0 Å². The third-order valence-electron chi connectivity index (χ3n) is 3.63. The molecular weight excluding hydrogens is 246 g/mol. The summed E-state index contributed by atoms with van der Waals surface area (Å²) in [6.07, 6.45) is 4.29. The minimum Gasteiger partial charge on any atom is -0.310 e. The van der Waals surface area contributed by atoms with Crippen LogP contribution in [0.1, 0.15) is 41.8 Å². The van der Waals surface area contributed by atoms with Crippen molar-refractivity contribution in [2.45, 2.75) is 39.7 Å². The second kappa shape index (κ2) is 6.71. The summed E-state index contributed by atoms with van der Waals surface area (Å²) in [7, 11) is 1.99. The molecule has 1 aromatic carbocycles. The maximum atomic E-state index is 4.47. The Morgan fingerprint density at radius 1 is 1.20 bits per heavy atom. The van der Waals surface area contributed by atoms with E-state index in [1.165, 1.54) is 16.7 Å². The molecule has 1 N–H and O–H groups in total. The quantitative estimate of drug-likeness (QED) is 0.873. The molecule has 1 atom stereocenters. The summed E-state index contributed by atoms with van der Waals surface area (Å²) in [4.78, 5) is 0. The van der Waals surface area contributed by atoms with Gasteiger partial charge in [-0.1, -0.05) is 36.8 Å². The lowest BCUT2D eigenvalue weighted by Crippen LogP contribution is -2.24. The third kappa shape index (κ3) is 3.70. The highest BCUT2D eigenvalue weighted by molar-refractivity contribution is 5.26. The third-order valence-corrected chi connectivity index (χ3v) is 3.63. The Morgan fingerprint density at radius 3 is 2.45 bits per heavy atom. The Labute approximate surface area is 122 Å². The number of hydrogen-bond donors (Lipinski definition) is 1. The molecule has 108 valence electrons. The predicted molar refractivity (Wildman–Crippen MR) is 83.9 cm³/mol. The summed E-state index contributed by atoms with van der Waals surface area (Å²) in [5.41, 5.74) is 5.10. The van der Waals surface area contributed by atoms with E-state index in [-0.39, 0.29) is 0 Å². The number of nitrogens with one attached hydrogen (secondary N) is 1. The number of aromatic nitrogens is 2. The van der Waals surface area contributed by atoms with Gasteiger partial charge in [0.05, 0.1) is 5.69 Å². The second-order valence-electron chi connectivity index (χ2n) is 5.54. The first-order chi connectivity index (χ1) is 9.60. The Hall–Kier alpha value is -1.61.